The zero-order valence-corrected chi connectivity index (χ0v) is 14.4. The molecule has 2 heterocycles. The van der Waals surface area contributed by atoms with E-state index in [9.17, 15) is 4.79 Å². The molecular formula is C20H29NO. The summed E-state index contributed by atoms with van der Waals surface area (Å²) in [5.41, 5.74) is 2.76. The van der Waals surface area contributed by atoms with Crippen LogP contribution in [0, 0.1) is 5.92 Å². The number of Topliss-reactive ketones (excluding diaryl/α,β-unsaturated/α-hetero) is 1. The van der Waals surface area contributed by atoms with E-state index in [1.54, 1.807) is 0 Å². The van der Waals surface area contributed by atoms with Crippen LogP contribution in [-0.4, -0.2) is 29.8 Å². The molecule has 0 aromatic heterocycles. The molecule has 3 rings (SSSR count). The van der Waals surface area contributed by atoms with Crippen molar-refractivity contribution in [2.24, 2.45) is 5.92 Å². The molecule has 0 radical (unpaired) electrons. The number of rotatable bonds is 4. The number of fused-ring (bicyclic) bond motifs is 2. The average molecular weight is 299 g/mol. The third-order valence-electron chi connectivity index (χ3n) is 6.02. The number of hydrogen-bond donors (Lipinski definition) is 0. The van der Waals surface area contributed by atoms with E-state index >= 15 is 0 Å². The highest BCUT2D eigenvalue weighted by Gasteiger charge is 2.48. The Balaban J connectivity index is 1.91. The molecule has 2 aliphatic heterocycles. The van der Waals surface area contributed by atoms with Gasteiger partial charge in [-0.1, -0.05) is 45.0 Å². The minimum atomic E-state index is 0.193. The molecule has 2 unspecified atom stereocenters. The van der Waals surface area contributed by atoms with Crippen LogP contribution in [0.1, 0.15) is 69.4 Å². The molecule has 22 heavy (non-hydrogen) atoms. The first kappa shape index (κ1) is 15.7. The normalized spacial score (nSPS) is 31.7. The topological polar surface area (TPSA) is 20.3 Å². The van der Waals surface area contributed by atoms with Gasteiger partial charge in [0.15, 0.2) is 0 Å². The monoisotopic (exact) mass is 299 g/mol. The lowest BCUT2D eigenvalue weighted by Gasteiger charge is -2.42. The Morgan fingerprint density at radius 3 is 2.50 bits per heavy atom. The third-order valence-corrected chi connectivity index (χ3v) is 6.02. The second kappa shape index (κ2) is 6.16. The zero-order valence-electron chi connectivity index (χ0n) is 14.4. The van der Waals surface area contributed by atoms with Gasteiger partial charge in [0.05, 0.1) is 0 Å². The number of hydrogen-bond acceptors (Lipinski definition) is 2. The van der Waals surface area contributed by atoms with Gasteiger partial charge in [-0.2, -0.15) is 0 Å². The predicted octanol–water partition coefficient (Wildman–Crippen LogP) is 4.36. The summed E-state index contributed by atoms with van der Waals surface area (Å²) in [6.07, 6.45) is 4.26. The number of ketones is 1. The van der Waals surface area contributed by atoms with E-state index in [0.29, 0.717) is 36.1 Å². The minimum Gasteiger partial charge on any atom is -0.300 e. The molecule has 0 N–H and O–H groups in total. The van der Waals surface area contributed by atoms with Gasteiger partial charge in [0.1, 0.15) is 5.78 Å². The van der Waals surface area contributed by atoms with Crippen LogP contribution in [0.2, 0.25) is 0 Å². The van der Waals surface area contributed by atoms with E-state index in [1.807, 2.05) is 6.92 Å². The molecule has 2 aliphatic rings. The van der Waals surface area contributed by atoms with Crippen LogP contribution < -0.4 is 0 Å². The summed E-state index contributed by atoms with van der Waals surface area (Å²) in [5, 5.41) is 0. The molecule has 120 valence electrons. The Hall–Kier alpha value is -1.15. The molecule has 1 aromatic rings. The number of nitrogens with zero attached hydrogens (tertiary/aromatic N) is 1. The summed E-state index contributed by atoms with van der Waals surface area (Å²) < 4.78 is 0. The summed E-state index contributed by atoms with van der Waals surface area (Å²) in [6, 6.07) is 10.2. The lowest BCUT2D eigenvalue weighted by atomic mass is 9.73. The maximum Gasteiger partial charge on any atom is 0.137 e. The van der Waals surface area contributed by atoms with E-state index in [4.69, 9.17) is 0 Å². The van der Waals surface area contributed by atoms with Crippen LogP contribution in [0.25, 0.3) is 0 Å². The maximum atomic E-state index is 12.6. The van der Waals surface area contributed by atoms with Crippen molar-refractivity contribution in [3.63, 3.8) is 0 Å². The minimum absolute atomic E-state index is 0.193. The summed E-state index contributed by atoms with van der Waals surface area (Å²) in [5.74, 6) is 1.63. The van der Waals surface area contributed by atoms with Crippen LogP contribution in [0.4, 0.5) is 0 Å². The van der Waals surface area contributed by atoms with Crippen molar-refractivity contribution in [1.29, 1.82) is 0 Å². The fourth-order valence-electron chi connectivity index (χ4n) is 4.61. The van der Waals surface area contributed by atoms with Crippen molar-refractivity contribution in [3.05, 3.63) is 35.4 Å². The van der Waals surface area contributed by atoms with E-state index in [1.165, 1.54) is 24.0 Å². The first-order valence-corrected chi connectivity index (χ1v) is 8.87. The van der Waals surface area contributed by atoms with Crippen LogP contribution in [-0.2, 0) is 4.79 Å². The summed E-state index contributed by atoms with van der Waals surface area (Å²) in [6.45, 7) is 6.48. The Morgan fingerprint density at radius 1 is 1.23 bits per heavy atom. The standard InChI is InChI=1S/C20H29NO/c1-5-19(22)20-17(12-16-10-11-18(20)21(16)4)15-8-6-14(7-9-15)13(2)3/h6-9,13,16-18,20H,5,10-12H2,1-4H3/t16-,17?,18+,20?/m0/s1. The summed E-state index contributed by atoms with van der Waals surface area (Å²) in [7, 11) is 2.22. The Labute approximate surface area is 134 Å². The van der Waals surface area contributed by atoms with E-state index in [2.05, 4.69) is 50.1 Å². The van der Waals surface area contributed by atoms with Gasteiger partial charge in [-0.15, -0.1) is 0 Å². The molecular weight excluding hydrogens is 270 g/mol. The van der Waals surface area contributed by atoms with Gasteiger partial charge in [-0.05, 0) is 49.3 Å². The van der Waals surface area contributed by atoms with Gasteiger partial charge in [0, 0.05) is 24.4 Å². The number of carbonyl (C=O) groups excluding carboxylic acids is 1. The van der Waals surface area contributed by atoms with Crippen molar-refractivity contribution in [3.8, 4) is 0 Å². The van der Waals surface area contributed by atoms with Crippen LogP contribution in [0.5, 0.6) is 0 Å². The lowest BCUT2D eigenvalue weighted by molar-refractivity contribution is -0.126. The summed E-state index contributed by atoms with van der Waals surface area (Å²) in [4.78, 5) is 15.1. The van der Waals surface area contributed by atoms with Crippen LogP contribution in [0.3, 0.4) is 0 Å². The van der Waals surface area contributed by atoms with Crippen molar-refractivity contribution in [2.45, 2.75) is 70.4 Å². The Morgan fingerprint density at radius 2 is 1.91 bits per heavy atom. The average Bonchev–Trinajstić information content (AvgIpc) is 2.76. The zero-order chi connectivity index (χ0) is 15.9. The molecule has 4 atom stereocenters. The van der Waals surface area contributed by atoms with E-state index in [0.717, 1.165) is 6.42 Å². The fourth-order valence-corrected chi connectivity index (χ4v) is 4.61. The van der Waals surface area contributed by atoms with E-state index < -0.39 is 0 Å². The largest absolute Gasteiger partial charge is 0.300 e. The quantitative estimate of drug-likeness (QED) is 0.823. The fraction of sp³-hybridized carbons (Fsp3) is 0.650. The molecule has 2 fully saturated rings. The highest BCUT2D eigenvalue weighted by molar-refractivity contribution is 5.82. The van der Waals surface area contributed by atoms with Crippen LogP contribution >= 0.6 is 0 Å². The molecule has 0 aliphatic carbocycles. The lowest BCUT2D eigenvalue weighted by Crippen LogP contribution is -2.48. The number of benzene rings is 1. The smallest absolute Gasteiger partial charge is 0.137 e. The van der Waals surface area contributed by atoms with Gasteiger partial charge in [-0.3, -0.25) is 9.69 Å². The van der Waals surface area contributed by atoms with Crippen LogP contribution in [0.15, 0.2) is 24.3 Å². The molecule has 0 saturated carbocycles. The second-order valence-electron chi connectivity index (χ2n) is 7.47. The van der Waals surface area contributed by atoms with Crippen molar-refractivity contribution < 1.29 is 4.79 Å². The van der Waals surface area contributed by atoms with Gasteiger partial charge in [0.25, 0.3) is 0 Å². The highest BCUT2D eigenvalue weighted by atomic mass is 16.1. The van der Waals surface area contributed by atoms with Crippen molar-refractivity contribution in [2.75, 3.05) is 7.05 Å². The molecule has 2 heteroatoms. The van der Waals surface area contributed by atoms with Gasteiger partial charge in [-0.25, -0.2) is 0 Å². The SMILES string of the molecule is CCC(=O)C1C(c2ccc(C(C)C)cc2)C[C@@H]2CC[C@H]1N2C. The van der Waals surface area contributed by atoms with Gasteiger partial charge in [0.2, 0.25) is 0 Å². The third kappa shape index (κ3) is 2.62. The Bertz CT molecular complexity index is 533. The predicted molar refractivity (Wildman–Crippen MR) is 91.3 cm³/mol. The van der Waals surface area contributed by atoms with Crippen molar-refractivity contribution >= 4 is 5.78 Å². The van der Waals surface area contributed by atoms with E-state index in [-0.39, 0.29) is 5.92 Å². The van der Waals surface area contributed by atoms with Gasteiger partial charge < -0.3 is 0 Å². The molecule has 0 amide bonds. The van der Waals surface area contributed by atoms with Crippen molar-refractivity contribution in [1.82, 2.24) is 4.90 Å². The first-order chi connectivity index (χ1) is 10.5. The molecule has 0 spiro atoms. The number of carbonyl (C=O) groups is 1. The molecule has 1 aromatic carbocycles. The summed E-state index contributed by atoms with van der Waals surface area (Å²) >= 11 is 0. The maximum absolute atomic E-state index is 12.6. The molecule has 2 bridgehead atoms. The number of piperidine rings is 1. The van der Waals surface area contributed by atoms with Gasteiger partial charge >= 0.3 is 0 Å². The first-order valence-electron chi connectivity index (χ1n) is 8.87. The molecule has 2 saturated heterocycles. The molecule has 2 nitrogen and oxygen atoms in total. The highest BCUT2D eigenvalue weighted by Crippen LogP contribution is 2.46. The second-order valence-corrected chi connectivity index (χ2v) is 7.47. The Kier molecular flexibility index (Phi) is 4.40.